The fraction of sp³-hybridized carbons (Fsp3) is 0.417. The van der Waals surface area contributed by atoms with Gasteiger partial charge in [0.05, 0.1) is 17.6 Å². The number of sulfonamides is 1. The molecule has 0 saturated heterocycles. The SMILES string of the molecule is COCCN(CCC#N)S(=O)(=O)c1ccc(O)cc1. The van der Waals surface area contributed by atoms with Gasteiger partial charge in [-0.25, -0.2) is 8.42 Å². The van der Waals surface area contributed by atoms with Gasteiger partial charge in [-0.15, -0.1) is 0 Å². The number of rotatable bonds is 7. The number of nitriles is 1. The van der Waals surface area contributed by atoms with E-state index in [4.69, 9.17) is 10.00 Å². The second-order valence-corrected chi connectivity index (χ2v) is 5.74. The summed E-state index contributed by atoms with van der Waals surface area (Å²) in [5.74, 6) is -0.000540. The largest absolute Gasteiger partial charge is 0.508 e. The van der Waals surface area contributed by atoms with Crippen LogP contribution in [0.3, 0.4) is 0 Å². The second-order valence-electron chi connectivity index (χ2n) is 3.80. The minimum Gasteiger partial charge on any atom is -0.508 e. The van der Waals surface area contributed by atoms with E-state index < -0.39 is 10.0 Å². The van der Waals surface area contributed by atoms with Crippen LogP contribution in [-0.2, 0) is 14.8 Å². The number of nitrogens with zero attached hydrogens (tertiary/aromatic N) is 2. The molecule has 0 spiro atoms. The highest BCUT2D eigenvalue weighted by atomic mass is 32.2. The smallest absolute Gasteiger partial charge is 0.243 e. The maximum atomic E-state index is 12.3. The van der Waals surface area contributed by atoms with Crippen LogP contribution >= 0.6 is 0 Å². The van der Waals surface area contributed by atoms with E-state index >= 15 is 0 Å². The third-order valence-corrected chi connectivity index (χ3v) is 4.41. The lowest BCUT2D eigenvalue weighted by Crippen LogP contribution is -2.34. The molecule has 0 amide bonds. The van der Waals surface area contributed by atoms with Gasteiger partial charge in [0.25, 0.3) is 0 Å². The molecule has 0 radical (unpaired) electrons. The Balaban J connectivity index is 2.97. The first-order valence-electron chi connectivity index (χ1n) is 5.67. The molecule has 0 fully saturated rings. The highest BCUT2D eigenvalue weighted by Gasteiger charge is 2.23. The molecule has 0 atom stereocenters. The predicted molar refractivity (Wildman–Crippen MR) is 69.0 cm³/mol. The molecule has 1 aromatic carbocycles. The first kappa shape index (κ1) is 15.4. The summed E-state index contributed by atoms with van der Waals surface area (Å²) in [5, 5.41) is 17.7. The van der Waals surface area contributed by atoms with Crippen LogP contribution in [0.15, 0.2) is 29.2 Å². The molecule has 0 heterocycles. The third kappa shape index (κ3) is 4.21. The Kier molecular flexibility index (Phi) is 5.76. The standard InChI is InChI=1S/C12H16N2O4S/c1-18-10-9-14(8-2-7-13)19(16,17)12-5-3-11(15)4-6-12/h3-6,15H,2,8-10H2,1H3. The molecule has 1 rings (SSSR count). The van der Waals surface area contributed by atoms with Crippen molar-refractivity contribution in [1.29, 1.82) is 5.26 Å². The van der Waals surface area contributed by atoms with Crippen LogP contribution in [0, 0.1) is 11.3 Å². The summed E-state index contributed by atoms with van der Waals surface area (Å²) in [5.41, 5.74) is 0. The number of hydrogen-bond donors (Lipinski definition) is 1. The minimum atomic E-state index is -3.67. The van der Waals surface area contributed by atoms with Crippen molar-refractivity contribution < 1.29 is 18.3 Å². The van der Waals surface area contributed by atoms with Gasteiger partial charge in [-0.05, 0) is 24.3 Å². The average Bonchev–Trinajstić information content (AvgIpc) is 2.39. The van der Waals surface area contributed by atoms with Gasteiger partial charge in [-0.3, -0.25) is 0 Å². The molecular weight excluding hydrogens is 268 g/mol. The van der Waals surface area contributed by atoms with Crippen molar-refractivity contribution in [3.63, 3.8) is 0 Å². The van der Waals surface area contributed by atoms with Crippen LogP contribution in [0.5, 0.6) is 5.75 Å². The maximum Gasteiger partial charge on any atom is 0.243 e. The van der Waals surface area contributed by atoms with Crippen LogP contribution in [0.2, 0.25) is 0 Å². The van der Waals surface area contributed by atoms with Gasteiger partial charge >= 0.3 is 0 Å². The van der Waals surface area contributed by atoms with Gasteiger partial charge in [-0.1, -0.05) is 0 Å². The molecule has 0 aliphatic rings. The first-order valence-corrected chi connectivity index (χ1v) is 7.11. The molecule has 0 bridgehead atoms. The molecule has 0 aliphatic heterocycles. The normalized spacial score (nSPS) is 11.4. The van der Waals surface area contributed by atoms with Gasteiger partial charge in [0.15, 0.2) is 0 Å². The zero-order valence-corrected chi connectivity index (χ0v) is 11.4. The van der Waals surface area contributed by atoms with Gasteiger partial charge in [0.2, 0.25) is 10.0 Å². The zero-order chi connectivity index (χ0) is 14.3. The summed E-state index contributed by atoms with van der Waals surface area (Å²) in [6, 6.07) is 7.20. The zero-order valence-electron chi connectivity index (χ0n) is 10.6. The molecule has 0 aliphatic carbocycles. The fourth-order valence-corrected chi connectivity index (χ4v) is 2.91. The van der Waals surface area contributed by atoms with Crippen molar-refractivity contribution in [2.45, 2.75) is 11.3 Å². The minimum absolute atomic E-state index is 0.000540. The fourth-order valence-electron chi connectivity index (χ4n) is 1.49. The highest BCUT2D eigenvalue weighted by Crippen LogP contribution is 2.18. The molecule has 0 unspecified atom stereocenters. The monoisotopic (exact) mass is 284 g/mol. The number of phenolic OH excluding ortho intramolecular Hbond substituents is 1. The first-order chi connectivity index (χ1) is 9.02. The van der Waals surface area contributed by atoms with E-state index in [2.05, 4.69) is 0 Å². The summed E-state index contributed by atoms with van der Waals surface area (Å²) in [6.07, 6.45) is 0.112. The summed E-state index contributed by atoms with van der Waals surface area (Å²) in [4.78, 5) is 0.0827. The quantitative estimate of drug-likeness (QED) is 0.804. The van der Waals surface area contributed by atoms with Crippen molar-refractivity contribution in [3.05, 3.63) is 24.3 Å². The lowest BCUT2D eigenvalue weighted by Gasteiger charge is -2.20. The molecule has 0 saturated carbocycles. The van der Waals surface area contributed by atoms with Crippen molar-refractivity contribution in [3.8, 4) is 11.8 Å². The molecule has 0 aromatic heterocycles. The average molecular weight is 284 g/mol. The Morgan fingerprint density at radius 3 is 2.47 bits per heavy atom. The van der Waals surface area contributed by atoms with Crippen molar-refractivity contribution in [2.75, 3.05) is 26.8 Å². The molecule has 1 N–H and O–H groups in total. The topological polar surface area (TPSA) is 90.6 Å². The van der Waals surface area contributed by atoms with E-state index in [0.29, 0.717) is 0 Å². The van der Waals surface area contributed by atoms with Crippen molar-refractivity contribution in [1.82, 2.24) is 4.31 Å². The molecule has 104 valence electrons. The van der Waals surface area contributed by atoms with E-state index in [9.17, 15) is 13.5 Å². The lowest BCUT2D eigenvalue weighted by molar-refractivity contribution is 0.179. The molecule has 7 heteroatoms. The summed E-state index contributed by atoms with van der Waals surface area (Å²) in [6.45, 7) is 0.549. The summed E-state index contributed by atoms with van der Waals surface area (Å²) in [7, 11) is -2.19. The van der Waals surface area contributed by atoms with Gasteiger partial charge in [0, 0.05) is 26.6 Å². The van der Waals surface area contributed by atoms with Crippen LogP contribution in [0.1, 0.15) is 6.42 Å². The van der Waals surface area contributed by atoms with Crippen LogP contribution in [0.4, 0.5) is 0 Å². The lowest BCUT2D eigenvalue weighted by atomic mass is 10.3. The van der Waals surface area contributed by atoms with E-state index in [1.54, 1.807) is 0 Å². The number of phenols is 1. The van der Waals surface area contributed by atoms with Crippen LogP contribution in [0.25, 0.3) is 0 Å². The number of benzene rings is 1. The molecule has 1 aromatic rings. The Bertz CT molecular complexity index is 534. The van der Waals surface area contributed by atoms with Crippen LogP contribution in [-0.4, -0.2) is 44.6 Å². The van der Waals surface area contributed by atoms with Crippen molar-refractivity contribution in [2.24, 2.45) is 0 Å². The van der Waals surface area contributed by atoms with E-state index in [1.807, 2.05) is 6.07 Å². The van der Waals surface area contributed by atoms with Gasteiger partial charge in [-0.2, -0.15) is 9.57 Å². The molecular formula is C12H16N2O4S. The number of aromatic hydroxyl groups is 1. The summed E-state index contributed by atoms with van der Waals surface area (Å²) >= 11 is 0. The Labute approximate surface area is 112 Å². The summed E-state index contributed by atoms with van der Waals surface area (Å²) < 4.78 is 30.7. The molecule has 19 heavy (non-hydrogen) atoms. The number of methoxy groups -OCH3 is 1. The maximum absolute atomic E-state index is 12.3. The van der Waals surface area contributed by atoms with Gasteiger partial charge in [0.1, 0.15) is 5.75 Å². The van der Waals surface area contributed by atoms with E-state index in [0.717, 1.165) is 0 Å². The van der Waals surface area contributed by atoms with E-state index in [1.165, 1.54) is 35.7 Å². The highest BCUT2D eigenvalue weighted by molar-refractivity contribution is 7.89. The third-order valence-electron chi connectivity index (χ3n) is 2.49. The number of ether oxygens (including phenoxy) is 1. The second kappa shape index (κ2) is 7.09. The van der Waals surface area contributed by atoms with Crippen molar-refractivity contribution >= 4 is 10.0 Å². The van der Waals surface area contributed by atoms with E-state index in [-0.39, 0.29) is 36.8 Å². The molecule has 6 nitrogen and oxygen atoms in total. The van der Waals surface area contributed by atoms with Gasteiger partial charge < -0.3 is 9.84 Å². The predicted octanol–water partition coefficient (Wildman–Crippen LogP) is 0.943. The van der Waals surface area contributed by atoms with Crippen LogP contribution < -0.4 is 0 Å². The Morgan fingerprint density at radius 2 is 1.95 bits per heavy atom. The number of hydrogen-bond acceptors (Lipinski definition) is 5. The Morgan fingerprint density at radius 1 is 1.32 bits per heavy atom. The Hall–Kier alpha value is -1.62.